The summed E-state index contributed by atoms with van der Waals surface area (Å²) in [5.41, 5.74) is -0.233. The number of nitrogens with zero attached hydrogens (tertiary/aromatic N) is 3. The van der Waals surface area contributed by atoms with Gasteiger partial charge in [0.05, 0.1) is 29.3 Å². The number of esters is 1. The Kier molecular flexibility index (Phi) is 4.69. The maximum atomic E-state index is 13.1. The first kappa shape index (κ1) is 18.7. The minimum absolute atomic E-state index is 0.0333. The van der Waals surface area contributed by atoms with Crippen molar-refractivity contribution in [3.05, 3.63) is 40.9 Å². The predicted molar refractivity (Wildman–Crippen MR) is 104 cm³/mol. The molecule has 3 atom stereocenters. The van der Waals surface area contributed by atoms with Crippen LogP contribution in [0.15, 0.2) is 35.4 Å². The lowest BCUT2D eigenvalue weighted by molar-refractivity contribution is -0.158. The molecule has 0 N–H and O–H groups in total. The van der Waals surface area contributed by atoms with Crippen LogP contribution < -0.4 is 5.56 Å². The summed E-state index contributed by atoms with van der Waals surface area (Å²) in [6.45, 7) is 4.06. The smallest absolute Gasteiger partial charge is 0.314 e. The molecule has 2 bridgehead atoms. The first-order valence-electron chi connectivity index (χ1n) is 9.94. The number of aromatic nitrogens is 2. The molecule has 4 rings (SSSR count). The summed E-state index contributed by atoms with van der Waals surface area (Å²) in [6.07, 6.45) is 4.41. The highest BCUT2D eigenvalue weighted by atomic mass is 16.5. The van der Waals surface area contributed by atoms with E-state index in [9.17, 15) is 14.4 Å². The fourth-order valence-electron chi connectivity index (χ4n) is 5.02. The van der Waals surface area contributed by atoms with Crippen molar-refractivity contribution in [2.45, 2.75) is 58.2 Å². The van der Waals surface area contributed by atoms with Crippen molar-refractivity contribution in [2.75, 3.05) is 6.61 Å². The van der Waals surface area contributed by atoms with Gasteiger partial charge in [-0.1, -0.05) is 19.1 Å². The molecule has 2 fully saturated rings. The largest absolute Gasteiger partial charge is 0.466 e. The minimum Gasteiger partial charge on any atom is -0.466 e. The van der Waals surface area contributed by atoms with Gasteiger partial charge in [0.2, 0.25) is 5.91 Å². The van der Waals surface area contributed by atoms with E-state index in [4.69, 9.17) is 4.74 Å². The van der Waals surface area contributed by atoms with E-state index in [2.05, 4.69) is 4.98 Å². The number of rotatable bonds is 5. The first-order chi connectivity index (χ1) is 13.5. The van der Waals surface area contributed by atoms with Crippen LogP contribution in [0.3, 0.4) is 0 Å². The molecule has 0 saturated carbocycles. The fraction of sp³-hybridized carbons (Fsp3) is 0.524. The van der Waals surface area contributed by atoms with E-state index in [1.54, 1.807) is 25.1 Å². The summed E-state index contributed by atoms with van der Waals surface area (Å²) in [4.78, 5) is 44.7. The van der Waals surface area contributed by atoms with Crippen LogP contribution in [0.4, 0.5) is 0 Å². The van der Waals surface area contributed by atoms with Crippen LogP contribution in [0.2, 0.25) is 0 Å². The van der Waals surface area contributed by atoms with Crippen molar-refractivity contribution in [2.24, 2.45) is 5.41 Å². The molecular formula is C21H25N3O4. The van der Waals surface area contributed by atoms with Crippen LogP contribution in [0.25, 0.3) is 10.9 Å². The van der Waals surface area contributed by atoms with Gasteiger partial charge in [0.25, 0.3) is 5.56 Å². The number of hydrogen-bond donors (Lipinski definition) is 0. The van der Waals surface area contributed by atoms with E-state index in [0.717, 1.165) is 12.8 Å². The van der Waals surface area contributed by atoms with Gasteiger partial charge in [0.15, 0.2) is 0 Å². The third kappa shape index (κ3) is 2.72. The molecule has 7 heteroatoms. The van der Waals surface area contributed by atoms with E-state index < -0.39 is 5.41 Å². The summed E-state index contributed by atoms with van der Waals surface area (Å²) in [5.74, 6) is -0.335. The zero-order chi connectivity index (χ0) is 19.9. The summed E-state index contributed by atoms with van der Waals surface area (Å²) in [5, 5.41) is 0.497. The highest BCUT2D eigenvalue weighted by molar-refractivity contribution is 5.84. The first-order valence-corrected chi connectivity index (χ1v) is 9.94. The molecule has 1 aromatic carbocycles. The molecule has 0 radical (unpaired) electrons. The van der Waals surface area contributed by atoms with Gasteiger partial charge in [0, 0.05) is 12.1 Å². The maximum Gasteiger partial charge on any atom is 0.314 e. The van der Waals surface area contributed by atoms with Gasteiger partial charge in [-0.05, 0) is 44.7 Å². The molecular weight excluding hydrogens is 358 g/mol. The van der Waals surface area contributed by atoms with Gasteiger partial charge in [0.1, 0.15) is 6.54 Å². The molecule has 148 valence electrons. The number of benzene rings is 1. The van der Waals surface area contributed by atoms with Crippen LogP contribution in [0, 0.1) is 5.41 Å². The lowest BCUT2D eigenvalue weighted by atomic mass is 9.72. The van der Waals surface area contributed by atoms with Crippen LogP contribution >= 0.6 is 0 Å². The molecule has 2 aromatic rings. The van der Waals surface area contributed by atoms with E-state index in [-0.39, 0.29) is 36.1 Å². The average Bonchev–Trinajstić information content (AvgIpc) is 3.27. The quantitative estimate of drug-likeness (QED) is 0.739. The van der Waals surface area contributed by atoms with Crippen LogP contribution in [0.1, 0.15) is 39.5 Å². The zero-order valence-corrected chi connectivity index (χ0v) is 16.3. The van der Waals surface area contributed by atoms with Crippen LogP contribution in [0.5, 0.6) is 0 Å². The Labute approximate surface area is 163 Å². The molecule has 2 aliphatic heterocycles. The highest BCUT2D eigenvalue weighted by Gasteiger charge is 2.61. The normalized spacial score (nSPS) is 26.0. The van der Waals surface area contributed by atoms with E-state index in [1.165, 1.54) is 10.9 Å². The van der Waals surface area contributed by atoms with Gasteiger partial charge in [-0.25, -0.2) is 4.98 Å². The third-order valence-electron chi connectivity index (χ3n) is 6.38. The molecule has 2 aliphatic rings. The number of fused-ring (bicyclic) bond motifs is 3. The summed E-state index contributed by atoms with van der Waals surface area (Å²) < 4.78 is 6.71. The van der Waals surface area contributed by atoms with Crippen molar-refractivity contribution in [3.63, 3.8) is 0 Å². The molecule has 0 unspecified atom stereocenters. The van der Waals surface area contributed by atoms with Gasteiger partial charge < -0.3 is 9.64 Å². The van der Waals surface area contributed by atoms with Gasteiger partial charge in [-0.2, -0.15) is 0 Å². The molecule has 3 heterocycles. The zero-order valence-electron chi connectivity index (χ0n) is 16.3. The third-order valence-corrected chi connectivity index (χ3v) is 6.38. The van der Waals surface area contributed by atoms with E-state index >= 15 is 0 Å². The molecule has 0 spiro atoms. The second-order valence-corrected chi connectivity index (χ2v) is 7.68. The molecule has 7 nitrogen and oxygen atoms in total. The predicted octanol–water partition coefficient (Wildman–Crippen LogP) is 2.12. The minimum atomic E-state index is -0.624. The Balaban J connectivity index is 1.60. The summed E-state index contributed by atoms with van der Waals surface area (Å²) >= 11 is 0. The second-order valence-electron chi connectivity index (χ2n) is 7.68. The van der Waals surface area contributed by atoms with Crippen molar-refractivity contribution in [3.8, 4) is 0 Å². The lowest BCUT2D eigenvalue weighted by Crippen LogP contribution is -2.46. The van der Waals surface area contributed by atoms with E-state index in [1.807, 2.05) is 17.9 Å². The number of carbonyl (C=O) groups is 2. The van der Waals surface area contributed by atoms with Gasteiger partial charge >= 0.3 is 5.97 Å². The van der Waals surface area contributed by atoms with Crippen molar-refractivity contribution < 1.29 is 14.3 Å². The molecule has 28 heavy (non-hydrogen) atoms. The molecule has 1 amide bonds. The van der Waals surface area contributed by atoms with Crippen LogP contribution in [-0.2, 0) is 20.9 Å². The topological polar surface area (TPSA) is 81.5 Å². The molecule has 0 aliphatic carbocycles. The number of carbonyl (C=O) groups excluding carboxylic acids is 2. The molecule has 1 aromatic heterocycles. The Hall–Kier alpha value is -2.70. The maximum absolute atomic E-state index is 13.1. The average molecular weight is 383 g/mol. The van der Waals surface area contributed by atoms with Crippen molar-refractivity contribution in [1.29, 1.82) is 0 Å². The highest BCUT2D eigenvalue weighted by Crippen LogP contribution is 2.52. The summed E-state index contributed by atoms with van der Waals surface area (Å²) in [7, 11) is 0. The molecule has 2 saturated heterocycles. The number of para-hydroxylation sites is 1. The van der Waals surface area contributed by atoms with Gasteiger partial charge in [-0.3, -0.25) is 19.0 Å². The monoisotopic (exact) mass is 383 g/mol. The van der Waals surface area contributed by atoms with Crippen molar-refractivity contribution >= 4 is 22.8 Å². The number of hydrogen-bond acceptors (Lipinski definition) is 5. The Morgan fingerprint density at radius 2 is 2.04 bits per heavy atom. The fourth-order valence-corrected chi connectivity index (χ4v) is 5.02. The number of amides is 1. The summed E-state index contributed by atoms with van der Waals surface area (Å²) in [6, 6.07) is 6.98. The Morgan fingerprint density at radius 1 is 1.25 bits per heavy atom. The standard InChI is InChI=1S/C21H25N3O4/c1-3-21(20(27)28-4-2)11-14-9-10-17(21)24(14)18(25)12-23-13-22-16-8-6-5-7-15(16)19(23)26/h5-8,13-14,17H,3-4,9-12H2,1-2H3/t14-,17+,21+/m1/s1. The van der Waals surface area contributed by atoms with E-state index in [0.29, 0.717) is 30.4 Å². The SMILES string of the molecule is CCOC(=O)[C@@]1(CC)C[C@H]2CC[C@@H]1N2C(=O)Cn1cnc2ccccc2c1=O. The van der Waals surface area contributed by atoms with Crippen LogP contribution in [-0.4, -0.2) is 45.0 Å². The number of ether oxygens (including phenoxy) is 1. The Bertz CT molecular complexity index is 985. The van der Waals surface area contributed by atoms with Crippen molar-refractivity contribution in [1.82, 2.24) is 14.5 Å². The lowest BCUT2D eigenvalue weighted by Gasteiger charge is -2.34. The Morgan fingerprint density at radius 3 is 2.79 bits per heavy atom. The van der Waals surface area contributed by atoms with Gasteiger partial charge in [-0.15, -0.1) is 0 Å². The second kappa shape index (κ2) is 7.04.